The second-order valence-corrected chi connectivity index (χ2v) is 7.43. The maximum atomic E-state index is 10.8. The fourth-order valence-corrected chi connectivity index (χ4v) is 3.23. The minimum Gasteiger partial charge on any atom is -0.504 e. The van der Waals surface area contributed by atoms with E-state index in [1.54, 1.807) is 18.2 Å². The van der Waals surface area contributed by atoms with Gasteiger partial charge in [0.15, 0.2) is 23.0 Å². The van der Waals surface area contributed by atoms with Crippen LogP contribution in [0.3, 0.4) is 0 Å². The third-order valence-corrected chi connectivity index (χ3v) is 4.97. The lowest BCUT2D eigenvalue weighted by Gasteiger charge is -2.19. The van der Waals surface area contributed by atoms with Gasteiger partial charge in [-0.2, -0.15) is 0 Å². The van der Waals surface area contributed by atoms with Gasteiger partial charge >= 0.3 is 5.97 Å². The molecule has 2 aromatic rings. The van der Waals surface area contributed by atoms with Crippen LogP contribution in [0.5, 0.6) is 23.0 Å². The van der Waals surface area contributed by atoms with Gasteiger partial charge in [-0.25, -0.2) is 4.79 Å². The lowest BCUT2D eigenvalue weighted by Crippen LogP contribution is -2.07. The Morgan fingerprint density at radius 2 is 1.82 bits per heavy atom. The molecule has 0 heterocycles. The van der Waals surface area contributed by atoms with Gasteiger partial charge in [-0.3, -0.25) is 0 Å². The molecular weight excluding hydrogens is 424 g/mol. The van der Waals surface area contributed by atoms with Crippen LogP contribution in [0.4, 0.5) is 0 Å². The fraction of sp³-hybridized carbons (Fsp3) is 0.423. The van der Waals surface area contributed by atoms with Crippen LogP contribution in [0.25, 0.3) is 0 Å². The highest BCUT2D eigenvalue weighted by atomic mass is 16.5. The average molecular weight is 459 g/mol. The van der Waals surface area contributed by atoms with Crippen molar-refractivity contribution in [3.63, 3.8) is 0 Å². The summed E-state index contributed by atoms with van der Waals surface area (Å²) >= 11 is 0. The third kappa shape index (κ3) is 8.69. The summed E-state index contributed by atoms with van der Waals surface area (Å²) in [6.07, 6.45) is 5.45. The number of unbranched alkanes of at least 4 members (excludes halogenated alkanes) is 1. The first-order chi connectivity index (χ1) is 16.0. The molecule has 0 saturated heterocycles. The van der Waals surface area contributed by atoms with E-state index in [0.717, 1.165) is 30.0 Å². The number of hydrogen-bond acceptors (Lipinski definition) is 6. The van der Waals surface area contributed by atoms with E-state index < -0.39 is 5.97 Å². The Hall–Kier alpha value is -3.19. The molecule has 0 aliphatic rings. The predicted octanol–water partition coefficient (Wildman–Crippen LogP) is 5.31. The first-order valence-electron chi connectivity index (χ1n) is 11.2. The summed E-state index contributed by atoms with van der Waals surface area (Å²) in [6.45, 7) is 5.51. The molecule has 0 bridgehead atoms. The van der Waals surface area contributed by atoms with E-state index in [9.17, 15) is 9.90 Å². The zero-order chi connectivity index (χ0) is 24.1. The second kappa shape index (κ2) is 14.1. The summed E-state index contributed by atoms with van der Waals surface area (Å²) in [7, 11) is 1.52. The molecule has 0 spiro atoms. The summed E-state index contributed by atoms with van der Waals surface area (Å²) in [5, 5.41) is 18.6. The highest BCUT2D eigenvalue weighted by Crippen LogP contribution is 2.34. The van der Waals surface area contributed by atoms with Crippen LogP contribution in [0.15, 0.2) is 48.6 Å². The van der Waals surface area contributed by atoms with Gasteiger partial charge in [-0.05, 0) is 55.2 Å². The van der Waals surface area contributed by atoms with Gasteiger partial charge in [-0.15, -0.1) is 0 Å². The standard InChI is InChI=1S/C26H34O7/c1-4-6-15-32-25-18-20(22(31-5-2)8-7-9-26(28)29)11-13-23(25)33-16-14-19-10-12-21(27)24(17-19)30-3/h7,9-13,17-18,22,27H,4-6,8,14-16H2,1-3H3,(H,28,29). The maximum absolute atomic E-state index is 10.8. The van der Waals surface area contributed by atoms with Gasteiger partial charge in [0.05, 0.1) is 26.4 Å². The molecule has 0 aliphatic carbocycles. The lowest BCUT2D eigenvalue weighted by atomic mass is 10.1. The Morgan fingerprint density at radius 3 is 2.52 bits per heavy atom. The number of ether oxygens (including phenoxy) is 4. The van der Waals surface area contributed by atoms with Crippen molar-refractivity contribution in [1.29, 1.82) is 0 Å². The Balaban J connectivity index is 2.14. The molecule has 2 aromatic carbocycles. The number of phenolic OH excluding ortho intramolecular Hbond substituents is 1. The number of hydrogen-bond donors (Lipinski definition) is 2. The van der Waals surface area contributed by atoms with Crippen LogP contribution in [-0.4, -0.2) is 43.1 Å². The van der Waals surface area contributed by atoms with Gasteiger partial charge in [0.25, 0.3) is 0 Å². The van der Waals surface area contributed by atoms with E-state index in [-0.39, 0.29) is 11.9 Å². The van der Waals surface area contributed by atoms with Crippen molar-refractivity contribution >= 4 is 5.97 Å². The normalized spacial score (nSPS) is 12.0. The molecule has 1 unspecified atom stereocenters. The summed E-state index contributed by atoms with van der Waals surface area (Å²) in [4.78, 5) is 10.8. The molecule has 0 amide bonds. The molecule has 7 nitrogen and oxygen atoms in total. The third-order valence-electron chi connectivity index (χ3n) is 4.97. The summed E-state index contributed by atoms with van der Waals surface area (Å²) in [5.41, 5.74) is 1.88. The first-order valence-corrected chi connectivity index (χ1v) is 11.2. The number of phenols is 1. The number of carboxylic acid groups (broad SMARTS) is 1. The van der Waals surface area contributed by atoms with E-state index in [2.05, 4.69) is 6.92 Å². The zero-order valence-electron chi connectivity index (χ0n) is 19.6. The fourth-order valence-electron chi connectivity index (χ4n) is 3.23. The van der Waals surface area contributed by atoms with Crippen molar-refractivity contribution in [2.75, 3.05) is 26.9 Å². The monoisotopic (exact) mass is 458 g/mol. The number of benzene rings is 2. The van der Waals surface area contributed by atoms with Gasteiger partial charge in [0.2, 0.25) is 0 Å². The van der Waals surface area contributed by atoms with Gasteiger partial charge < -0.3 is 29.2 Å². The van der Waals surface area contributed by atoms with Crippen LogP contribution in [-0.2, 0) is 16.0 Å². The molecule has 0 aliphatic heterocycles. The Bertz CT molecular complexity index is 908. The number of carboxylic acids is 1. The topological polar surface area (TPSA) is 94.5 Å². The van der Waals surface area contributed by atoms with Crippen molar-refractivity contribution in [2.24, 2.45) is 0 Å². The molecule has 180 valence electrons. The van der Waals surface area contributed by atoms with Gasteiger partial charge in [0.1, 0.15) is 0 Å². The lowest BCUT2D eigenvalue weighted by molar-refractivity contribution is -0.131. The summed E-state index contributed by atoms with van der Waals surface area (Å²) in [5.74, 6) is 0.822. The van der Waals surface area contributed by atoms with Crippen molar-refractivity contribution in [2.45, 2.75) is 45.6 Å². The van der Waals surface area contributed by atoms with E-state index in [0.29, 0.717) is 49.9 Å². The molecule has 0 saturated carbocycles. The highest BCUT2D eigenvalue weighted by molar-refractivity contribution is 5.79. The van der Waals surface area contributed by atoms with Gasteiger partial charge in [-0.1, -0.05) is 31.6 Å². The smallest absolute Gasteiger partial charge is 0.327 e. The van der Waals surface area contributed by atoms with Crippen molar-refractivity contribution in [1.82, 2.24) is 0 Å². The van der Waals surface area contributed by atoms with E-state index in [1.807, 2.05) is 31.2 Å². The zero-order valence-corrected chi connectivity index (χ0v) is 19.6. The highest BCUT2D eigenvalue weighted by Gasteiger charge is 2.15. The molecule has 0 aromatic heterocycles. The quantitative estimate of drug-likeness (QED) is 0.276. The number of carbonyl (C=O) groups is 1. The number of aliphatic carboxylic acids is 1. The summed E-state index contributed by atoms with van der Waals surface area (Å²) in [6, 6.07) is 10.9. The van der Waals surface area contributed by atoms with Crippen LogP contribution >= 0.6 is 0 Å². The molecule has 7 heteroatoms. The van der Waals surface area contributed by atoms with E-state index in [4.69, 9.17) is 24.1 Å². The molecule has 0 radical (unpaired) electrons. The van der Waals surface area contributed by atoms with Crippen LogP contribution in [0.1, 0.15) is 50.3 Å². The largest absolute Gasteiger partial charge is 0.504 e. The minimum atomic E-state index is -0.983. The second-order valence-electron chi connectivity index (χ2n) is 7.43. The van der Waals surface area contributed by atoms with Gasteiger partial charge in [0, 0.05) is 19.1 Å². The molecule has 1 atom stereocenters. The maximum Gasteiger partial charge on any atom is 0.327 e. The molecule has 33 heavy (non-hydrogen) atoms. The van der Waals surface area contributed by atoms with E-state index in [1.165, 1.54) is 7.11 Å². The van der Waals surface area contributed by atoms with E-state index >= 15 is 0 Å². The summed E-state index contributed by atoms with van der Waals surface area (Å²) < 4.78 is 23.0. The molecular formula is C26H34O7. The molecule has 0 fully saturated rings. The minimum absolute atomic E-state index is 0.103. The van der Waals surface area contributed by atoms with Crippen molar-refractivity contribution < 1.29 is 34.0 Å². The average Bonchev–Trinajstić information content (AvgIpc) is 2.80. The number of methoxy groups -OCH3 is 1. The number of aromatic hydroxyl groups is 1. The molecule has 2 N–H and O–H groups in total. The van der Waals surface area contributed by atoms with Crippen molar-refractivity contribution in [3.8, 4) is 23.0 Å². The molecule has 2 rings (SSSR count). The Morgan fingerprint density at radius 1 is 1.03 bits per heavy atom. The SMILES string of the molecule is CCCCOc1cc(C(CC=CC(=O)O)OCC)ccc1OCCc1ccc(O)c(OC)c1. The van der Waals surface area contributed by atoms with Crippen LogP contribution in [0.2, 0.25) is 0 Å². The number of rotatable bonds is 15. The predicted molar refractivity (Wildman–Crippen MR) is 126 cm³/mol. The van der Waals surface area contributed by atoms with Crippen LogP contribution < -0.4 is 14.2 Å². The first kappa shape index (κ1) is 26.1. The Kier molecular flexibility index (Phi) is 11.1. The Labute approximate surface area is 195 Å². The van der Waals surface area contributed by atoms with Crippen LogP contribution in [0, 0.1) is 0 Å². The van der Waals surface area contributed by atoms with Crippen molar-refractivity contribution in [3.05, 3.63) is 59.7 Å².